The predicted molar refractivity (Wildman–Crippen MR) is 88.8 cm³/mol. The third kappa shape index (κ3) is 2.44. The Balaban J connectivity index is 1.62. The summed E-state index contributed by atoms with van der Waals surface area (Å²) in [6.45, 7) is 1.95. The van der Waals surface area contributed by atoms with Gasteiger partial charge in [-0.3, -0.25) is 14.6 Å². The number of nitrogens with zero attached hydrogens (tertiary/aromatic N) is 2. The van der Waals surface area contributed by atoms with E-state index in [-0.39, 0.29) is 16.7 Å². The van der Waals surface area contributed by atoms with E-state index in [4.69, 9.17) is 4.84 Å². The Kier molecular flexibility index (Phi) is 3.32. The molecule has 2 heterocycles. The van der Waals surface area contributed by atoms with Crippen molar-refractivity contribution in [2.75, 3.05) is 0 Å². The number of hydrogen-bond donors (Lipinski definition) is 0. The van der Waals surface area contributed by atoms with Gasteiger partial charge in [0.05, 0.1) is 22.2 Å². The van der Waals surface area contributed by atoms with E-state index in [1.807, 2.05) is 25.1 Å². The predicted octanol–water partition coefficient (Wildman–Crippen LogP) is 2.91. The van der Waals surface area contributed by atoms with Gasteiger partial charge in [-0.1, -0.05) is 29.3 Å². The lowest BCUT2D eigenvalue weighted by atomic mass is 10.1. The molecule has 6 heteroatoms. The Morgan fingerprint density at radius 2 is 1.68 bits per heavy atom. The number of imide groups is 1. The van der Waals surface area contributed by atoms with Crippen molar-refractivity contribution in [3.05, 3.63) is 77.0 Å². The van der Waals surface area contributed by atoms with Gasteiger partial charge in [-0.25, -0.2) is 4.79 Å². The molecule has 122 valence electrons. The highest BCUT2D eigenvalue weighted by molar-refractivity contribution is 6.21. The first-order chi connectivity index (χ1) is 12.0. The summed E-state index contributed by atoms with van der Waals surface area (Å²) >= 11 is 0. The monoisotopic (exact) mass is 332 g/mol. The number of carbonyl (C=O) groups is 3. The number of fused-ring (bicyclic) bond motifs is 2. The van der Waals surface area contributed by atoms with Gasteiger partial charge < -0.3 is 4.84 Å². The second kappa shape index (κ2) is 5.52. The van der Waals surface area contributed by atoms with Crippen LogP contribution in [0, 0.1) is 6.92 Å². The highest BCUT2D eigenvalue weighted by Crippen LogP contribution is 2.23. The van der Waals surface area contributed by atoms with Gasteiger partial charge in [0.2, 0.25) is 0 Å². The number of aromatic nitrogens is 1. The normalized spacial score (nSPS) is 13.2. The van der Waals surface area contributed by atoms with Gasteiger partial charge >= 0.3 is 5.97 Å². The van der Waals surface area contributed by atoms with Crippen LogP contribution in [0.2, 0.25) is 0 Å². The molecule has 0 atom stereocenters. The zero-order chi connectivity index (χ0) is 17.6. The summed E-state index contributed by atoms with van der Waals surface area (Å²) in [7, 11) is 0. The maximum absolute atomic E-state index is 12.3. The van der Waals surface area contributed by atoms with Crippen LogP contribution in [0.25, 0.3) is 10.9 Å². The minimum Gasteiger partial charge on any atom is -0.324 e. The van der Waals surface area contributed by atoms with Crippen LogP contribution in [0.5, 0.6) is 0 Å². The fourth-order valence-electron chi connectivity index (χ4n) is 2.73. The molecular weight excluding hydrogens is 320 g/mol. The van der Waals surface area contributed by atoms with Crippen molar-refractivity contribution in [2.45, 2.75) is 6.92 Å². The maximum Gasteiger partial charge on any atom is 0.365 e. The van der Waals surface area contributed by atoms with Crippen LogP contribution in [-0.2, 0) is 4.84 Å². The molecule has 25 heavy (non-hydrogen) atoms. The van der Waals surface area contributed by atoms with E-state index in [1.165, 1.54) is 18.3 Å². The van der Waals surface area contributed by atoms with E-state index in [1.54, 1.807) is 18.2 Å². The molecule has 0 bridgehead atoms. The van der Waals surface area contributed by atoms with Gasteiger partial charge in [-0.05, 0) is 36.8 Å². The molecule has 1 aliphatic heterocycles. The van der Waals surface area contributed by atoms with Crippen molar-refractivity contribution in [1.82, 2.24) is 10.0 Å². The van der Waals surface area contributed by atoms with Crippen LogP contribution in [0.15, 0.2) is 54.7 Å². The number of rotatable bonds is 2. The Morgan fingerprint density at radius 3 is 2.36 bits per heavy atom. The second-order valence-electron chi connectivity index (χ2n) is 5.75. The number of amides is 2. The number of carbonyl (C=O) groups excluding carboxylic acids is 3. The zero-order valence-corrected chi connectivity index (χ0v) is 13.2. The van der Waals surface area contributed by atoms with Crippen LogP contribution in [0.4, 0.5) is 0 Å². The highest BCUT2D eigenvalue weighted by atomic mass is 16.7. The first-order valence-corrected chi connectivity index (χ1v) is 7.61. The van der Waals surface area contributed by atoms with Gasteiger partial charge in [-0.2, -0.15) is 0 Å². The van der Waals surface area contributed by atoms with Crippen LogP contribution in [0.3, 0.4) is 0 Å². The number of hydrogen-bond acceptors (Lipinski definition) is 5. The summed E-state index contributed by atoms with van der Waals surface area (Å²) in [5.74, 6) is -2.12. The lowest BCUT2D eigenvalue weighted by Crippen LogP contribution is -2.32. The van der Waals surface area contributed by atoms with E-state index in [0.29, 0.717) is 5.06 Å². The third-order valence-electron chi connectivity index (χ3n) is 4.01. The van der Waals surface area contributed by atoms with Gasteiger partial charge in [0, 0.05) is 11.6 Å². The van der Waals surface area contributed by atoms with E-state index in [0.717, 1.165) is 16.5 Å². The maximum atomic E-state index is 12.3. The third-order valence-corrected chi connectivity index (χ3v) is 4.01. The Hall–Kier alpha value is -3.54. The van der Waals surface area contributed by atoms with Crippen molar-refractivity contribution < 1.29 is 19.2 Å². The summed E-state index contributed by atoms with van der Waals surface area (Å²) in [6, 6.07) is 13.6. The van der Waals surface area contributed by atoms with Crippen LogP contribution in [-0.4, -0.2) is 27.8 Å². The van der Waals surface area contributed by atoms with Crippen LogP contribution in [0.1, 0.15) is 36.6 Å². The summed E-state index contributed by atoms with van der Waals surface area (Å²) in [4.78, 5) is 46.1. The summed E-state index contributed by atoms with van der Waals surface area (Å²) in [5, 5.41) is 1.26. The number of hydroxylamine groups is 2. The summed E-state index contributed by atoms with van der Waals surface area (Å²) < 4.78 is 0. The van der Waals surface area contributed by atoms with Crippen molar-refractivity contribution in [2.24, 2.45) is 0 Å². The Labute approximate surface area is 142 Å². The molecule has 0 saturated carbocycles. The van der Waals surface area contributed by atoms with E-state index in [2.05, 4.69) is 4.98 Å². The minimum absolute atomic E-state index is 0.160. The molecule has 0 N–H and O–H groups in total. The zero-order valence-electron chi connectivity index (χ0n) is 13.2. The van der Waals surface area contributed by atoms with Gasteiger partial charge in [0.25, 0.3) is 11.8 Å². The molecule has 0 saturated heterocycles. The second-order valence-corrected chi connectivity index (χ2v) is 5.75. The van der Waals surface area contributed by atoms with E-state index < -0.39 is 17.8 Å². The van der Waals surface area contributed by atoms with Gasteiger partial charge in [0.1, 0.15) is 0 Å². The van der Waals surface area contributed by atoms with E-state index in [9.17, 15) is 14.4 Å². The molecule has 6 nitrogen and oxygen atoms in total. The molecule has 0 spiro atoms. The molecule has 1 aromatic heterocycles. The largest absolute Gasteiger partial charge is 0.365 e. The molecule has 0 aliphatic carbocycles. The van der Waals surface area contributed by atoms with Crippen molar-refractivity contribution in [3.8, 4) is 0 Å². The minimum atomic E-state index is -0.815. The Morgan fingerprint density at radius 1 is 1.00 bits per heavy atom. The lowest BCUT2D eigenvalue weighted by molar-refractivity contribution is -0.0584. The molecular formula is C19H12N2O4. The molecule has 0 radical (unpaired) electrons. The van der Waals surface area contributed by atoms with Crippen molar-refractivity contribution in [3.63, 3.8) is 0 Å². The fraction of sp³-hybridized carbons (Fsp3) is 0.0526. The summed E-state index contributed by atoms with van der Waals surface area (Å²) in [5.41, 5.74) is 2.39. The Bertz CT molecular complexity index is 1020. The average Bonchev–Trinajstić information content (AvgIpc) is 2.86. The first-order valence-electron chi connectivity index (χ1n) is 7.61. The molecule has 1 aliphatic rings. The van der Waals surface area contributed by atoms with Crippen LogP contribution < -0.4 is 0 Å². The molecule has 2 aromatic carbocycles. The average molecular weight is 332 g/mol. The SMILES string of the molecule is Cc1ccc2cc(C(=O)ON3C(=O)c4ccccc4C3=O)cnc2c1. The quantitative estimate of drug-likeness (QED) is 0.674. The van der Waals surface area contributed by atoms with Crippen molar-refractivity contribution in [1.29, 1.82) is 0 Å². The lowest BCUT2D eigenvalue weighted by Gasteiger charge is -2.12. The topological polar surface area (TPSA) is 76.6 Å². The molecule has 0 fully saturated rings. The van der Waals surface area contributed by atoms with Crippen LogP contribution >= 0.6 is 0 Å². The molecule has 0 unspecified atom stereocenters. The number of pyridine rings is 1. The van der Waals surface area contributed by atoms with Gasteiger partial charge in [0.15, 0.2) is 0 Å². The first kappa shape index (κ1) is 15.0. The molecule has 3 aromatic rings. The van der Waals surface area contributed by atoms with E-state index >= 15 is 0 Å². The van der Waals surface area contributed by atoms with Crippen molar-refractivity contribution >= 4 is 28.7 Å². The highest BCUT2D eigenvalue weighted by Gasteiger charge is 2.38. The van der Waals surface area contributed by atoms with Gasteiger partial charge in [-0.15, -0.1) is 0 Å². The standard InChI is InChI=1S/C19H12N2O4/c1-11-6-7-12-9-13(10-20-16(12)8-11)19(24)25-21-17(22)14-4-2-3-5-15(14)18(21)23/h2-10H,1H3. The summed E-state index contributed by atoms with van der Waals surface area (Å²) in [6.07, 6.45) is 1.36. The number of benzene rings is 2. The fourth-order valence-corrected chi connectivity index (χ4v) is 2.73. The molecule has 4 rings (SSSR count). The smallest absolute Gasteiger partial charge is 0.324 e. The molecule has 2 amide bonds. The number of aryl methyl sites for hydroxylation is 1.